The van der Waals surface area contributed by atoms with Crippen molar-refractivity contribution in [1.29, 1.82) is 0 Å². The Morgan fingerprint density at radius 3 is 2.47 bits per heavy atom. The lowest BCUT2D eigenvalue weighted by atomic mass is 10.1. The van der Waals surface area contributed by atoms with Crippen LogP contribution in [0.2, 0.25) is 0 Å². The Morgan fingerprint density at radius 1 is 1.11 bits per heavy atom. The monoisotopic (exact) mass is 266 g/mol. The zero-order chi connectivity index (χ0) is 13.8. The minimum Gasteiger partial charge on any atom is -0.395 e. The molecule has 110 valence electrons. The van der Waals surface area contributed by atoms with Crippen LogP contribution in [0.4, 0.5) is 0 Å². The van der Waals surface area contributed by atoms with Crippen LogP contribution in [-0.2, 0) is 0 Å². The Kier molecular flexibility index (Phi) is 9.25. The van der Waals surface area contributed by atoms with Gasteiger partial charge in [0.2, 0.25) is 0 Å². The number of rotatable bonds is 12. The summed E-state index contributed by atoms with van der Waals surface area (Å²) in [5.74, 6) is 0. The molecule has 0 radical (unpaired) electrons. The highest BCUT2D eigenvalue weighted by Crippen LogP contribution is 2.14. The van der Waals surface area contributed by atoms with E-state index in [-0.39, 0.29) is 6.61 Å². The van der Waals surface area contributed by atoms with Gasteiger partial charge in [0.05, 0.1) is 12.8 Å². The molecule has 0 spiro atoms. The summed E-state index contributed by atoms with van der Waals surface area (Å²) < 4.78 is 0. The molecular formula is C16H30N2O. The number of aliphatic hydroxyl groups is 1. The van der Waals surface area contributed by atoms with Crippen molar-refractivity contribution in [2.75, 3.05) is 13.2 Å². The maximum absolute atomic E-state index is 8.97. The van der Waals surface area contributed by atoms with E-state index >= 15 is 0 Å². The highest BCUT2D eigenvalue weighted by atomic mass is 16.3. The molecule has 3 nitrogen and oxygen atoms in total. The van der Waals surface area contributed by atoms with Crippen molar-refractivity contribution in [1.82, 2.24) is 10.2 Å². The number of aliphatic hydroxyl groups excluding tert-OH is 1. The Bertz CT molecular complexity index is 253. The van der Waals surface area contributed by atoms with Crippen molar-refractivity contribution in [3.8, 4) is 0 Å². The maximum atomic E-state index is 8.97. The van der Waals surface area contributed by atoms with E-state index < -0.39 is 0 Å². The van der Waals surface area contributed by atoms with E-state index in [1.165, 1.54) is 57.8 Å². The summed E-state index contributed by atoms with van der Waals surface area (Å²) in [5, 5.41) is 12.3. The van der Waals surface area contributed by atoms with Crippen molar-refractivity contribution in [2.24, 2.45) is 0 Å². The Morgan fingerprint density at radius 2 is 1.79 bits per heavy atom. The summed E-state index contributed by atoms with van der Waals surface area (Å²) in [6.07, 6.45) is 18.1. The molecule has 0 aromatic heterocycles. The summed E-state index contributed by atoms with van der Waals surface area (Å²) in [6, 6.07) is 0. The van der Waals surface area contributed by atoms with Crippen LogP contribution >= 0.6 is 0 Å². The Labute approximate surface area is 118 Å². The van der Waals surface area contributed by atoms with Crippen LogP contribution in [0.15, 0.2) is 25.1 Å². The molecule has 0 amide bonds. The van der Waals surface area contributed by atoms with Crippen molar-refractivity contribution in [2.45, 2.75) is 64.0 Å². The maximum Gasteiger partial charge on any atom is 0.0982 e. The van der Waals surface area contributed by atoms with Gasteiger partial charge >= 0.3 is 0 Å². The molecule has 0 saturated carbocycles. The number of β-amino-alcohol motifs (C(OH)–C–C–N with tert-alkyl or cyclic N) is 1. The van der Waals surface area contributed by atoms with Gasteiger partial charge in [0.15, 0.2) is 0 Å². The fourth-order valence-corrected chi connectivity index (χ4v) is 2.55. The van der Waals surface area contributed by atoms with Crippen LogP contribution in [-0.4, -0.2) is 29.3 Å². The first-order valence-electron chi connectivity index (χ1n) is 7.78. The van der Waals surface area contributed by atoms with Gasteiger partial charge < -0.3 is 15.3 Å². The summed E-state index contributed by atoms with van der Waals surface area (Å²) in [6.45, 7) is 4.71. The summed E-state index contributed by atoms with van der Waals surface area (Å²) in [5.41, 5.74) is 0. The van der Waals surface area contributed by atoms with Crippen LogP contribution in [0.3, 0.4) is 0 Å². The Balaban J connectivity index is 1.89. The SMILES string of the molecule is C=CCCCCCCCCCC1NC=CN1CCO. The zero-order valence-electron chi connectivity index (χ0n) is 12.2. The molecule has 2 N–H and O–H groups in total. The van der Waals surface area contributed by atoms with Gasteiger partial charge in [-0.1, -0.05) is 38.2 Å². The highest BCUT2D eigenvalue weighted by molar-refractivity contribution is 4.93. The number of hydrogen-bond acceptors (Lipinski definition) is 3. The molecule has 1 unspecified atom stereocenters. The molecule has 1 atom stereocenters. The molecule has 0 aromatic carbocycles. The lowest BCUT2D eigenvalue weighted by molar-refractivity contribution is 0.194. The smallest absolute Gasteiger partial charge is 0.0982 e. The fraction of sp³-hybridized carbons (Fsp3) is 0.750. The third kappa shape index (κ3) is 7.26. The van der Waals surface area contributed by atoms with E-state index in [0.717, 1.165) is 6.54 Å². The quantitative estimate of drug-likeness (QED) is 0.420. The predicted octanol–water partition coefficient (Wildman–Crippen LogP) is 3.38. The largest absolute Gasteiger partial charge is 0.395 e. The van der Waals surface area contributed by atoms with Crippen LogP contribution in [0.1, 0.15) is 57.8 Å². The fourth-order valence-electron chi connectivity index (χ4n) is 2.55. The topological polar surface area (TPSA) is 35.5 Å². The number of unbranched alkanes of at least 4 members (excludes halogenated alkanes) is 7. The van der Waals surface area contributed by atoms with Crippen molar-refractivity contribution in [3.05, 3.63) is 25.1 Å². The normalized spacial score (nSPS) is 17.7. The number of nitrogens with one attached hydrogen (secondary N) is 1. The van der Waals surface area contributed by atoms with Gasteiger partial charge in [0.1, 0.15) is 0 Å². The molecule has 19 heavy (non-hydrogen) atoms. The standard InChI is InChI=1S/C16H30N2O/c1-2-3-4-5-6-7-8-9-10-11-16-17-12-13-18(16)14-15-19/h2,12-13,16-17,19H,1,3-11,14-15H2. The molecular weight excluding hydrogens is 236 g/mol. The van der Waals surface area contributed by atoms with E-state index in [1.807, 2.05) is 18.5 Å². The first-order valence-corrected chi connectivity index (χ1v) is 7.78. The molecule has 0 saturated heterocycles. The molecule has 0 aliphatic carbocycles. The average molecular weight is 266 g/mol. The summed E-state index contributed by atoms with van der Waals surface area (Å²) >= 11 is 0. The zero-order valence-corrected chi connectivity index (χ0v) is 12.2. The Hall–Kier alpha value is -0.960. The van der Waals surface area contributed by atoms with Crippen LogP contribution in [0, 0.1) is 0 Å². The van der Waals surface area contributed by atoms with Crippen LogP contribution in [0.25, 0.3) is 0 Å². The highest BCUT2D eigenvalue weighted by Gasteiger charge is 2.16. The molecule has 0 fully saturated rings. The van der Waals surface area contributed by atoms with E-state index in [4.69, 9.17) is 5.11 Å². The van der Waals surface area contributed by atoms with E-state index in [0.29, 0.717) is 6.17 Å². The molecule has 3 heteroatoms. The summed E-state index contributed by atoms with van der Waals surface area (Å²) in [7, 11) is 0. The van der Waals surface area contributed by atoms with Gasteiger partial charge in [0, 0.05) is 18.9 Å². The second-order valence-electron chi connectivity index (χ2n) is 5.30. The molecule has 1 aliphatic heterocycles. The lowest BCUT2D eigenvalue weighted by Gasteiger charge is -2.24. The molecule has 0 bridgehead atoms. The third-order valence-corrected chi connectivity index (χ3v) is 3.70. The molecule has 1 heterocycles. The van der Waals surface area contributed by atoms with Crippen LogP contribution < -0.4 is 5.32 Å². The van der Waals surface area contributed by atoms with Crippen molar-refractivity contribution >= 4 is 0 Å². The second-order valence-corrected chi connectivity index (χ2v) is 5.30. The van der Waals surface area contributed by atoms with Gasteiger partial charge in [0.25, 0.3) is 0 Å². The molecule has 0 aromatic rings. The van der Waals surface area contributed by atoms with Gasteiger partial charge in [-0.25, -0.2) is 0 Å². The number of hydrogen-bond donors (Lipinski definition) is 2. The van der Waals surface area contributed by atoms with Gasteiger partial charge in [-0.15, -0.1) is 6.58 Å². The second kappa shape index (κ2) is 10.9. The van der Waals surface area contributed by atoms with E-state index in [9.17, 15) is 0 Å². The third-order valence-electron chi connectivity index (χ3n) is 3.70. The van der Waals surface area contributed by atoms with Gasteiger partial charge in [-0.05, 0) is 25.7 Å². The predicted molar refractivity (Wildman–Crippen MR) is 81.6 cm³/mol. The lowest BCUT2D eigenvalue weighted by Crippen LogP contribution is -2.36. The number of nitrogens with zero attached hydrogens (tertiary/aromatic N) is 1. The summed E-state index contributed by atoms with van der Waals surface area (Å²) in [4.78, 5) is 2.19. The van der Waals surface area contributed by atoms with E-state index in [1.54, 1.807) is 0 Å². The van der Waals surface area contributed by atoms with Crippen LogP contribution in [0.5, 0.6) is 0 Å². The molecule has 1 aliphatic rings. The van der Waals surface area contributed by atoms with E-state index in [2.05, 4.69) is 16.8 Å². The first-order chi connectivity index (χ1) is 9.38. The van der Waals surface area contributed by atoms with Crippen molar-refractivity contribution < 1.29 is 5.11 Å². The average Bonchev–Trinajstić information content (AvgIpc) is 2.85. The minimum absolute atomic E-state index is 0.229. The first kappa shape index (κ1) is 16.1. The van der Waals surface area contributed by atoms with Gasteiger partial charge in [-0.2, -0.15) is 0 Å². The number of allylic oxidation sites excluding steroid dienone is 1. The molecule has 1 rings (SSSR count). The van der Waals surface area contributed by atoms with Gasteiger partial charge in [-0.3, -0.25) is 0 Å². The van der Waals surface area contributed by atoms with Crippen molar-refractivity contribution in [3.63, 3.8) is 0 Å². The minimum atomic E-state index is 0.229.